The lowest BCUT2D eigenvalue weighted by atomic mass is 9.85. The minimum atomic E-state index is -0.473. The van der Waals surface area contributed by atoms with Crippen LogP contribution in [0.2, 0.25) is 0 Å². The summed E-state index contributed by atoms with van der Waals surface area (Å²) < 4.78 is 5.47. The van der Waals surface area contributed by atoms with Gasteiger partial charge in [0.15, 0.2) is 0 Å². The number of fused-ring (bicyclic) bond motifs is 1. The fourth-order valence-electron chi connectivity index (χ4n) is 2.58. The molecular weight excluding hydrogens is 258 g/mol. The molecule has 0 saturated carbocycles. The van der Waals surface area contributed by atoms with E-state index in [1.807, 2.05) is 20.8 Å². The van der Waals surface area contributed by atoms with Gasteiger partial charge in [0.25, 0.3) is 0 Å². The van der Waals surface area contributed by atoms with Gasteiger partial charge in [0, 0.05) is 4.88 Å². The summed E-state index contributed by atoms with van der Waals surface area (Å²) in [6.45, 7) is 7.87. The van der Waals surface area contributed by atoms with Gasteiger partial charge < -0.3 is 10.5 Å². The molecule has 0 saturated heterocycles. The Morgan fingerprint density at radius 2 is 2.16 bits per heavy atom. The van der Waals surface area contributed by atoms with Crippen molar-refractivity contribution in [2.75, 3.05) is 5.73 Å². The molecule has 3 nitrogen and oxygen atoms in total. The Kier molecular flexibility index (Phi) is 3.90. The van der Waals surface area contributed by atoms with Crippen LogP contribution in [0.25, 0.3) is 0 Å². The lowest BCUT2D eigenvalue weighted by molar-refractivity contribution is 0.00698. The van der Waals surface area contributed by atoms with Crippen molar-refractivity contribution in [3.05, 3.63) is 16.0 Å². The van der Waals surface area contributed by atoms with Crippen molar-refractivity contribution in [2.24, 2.45) is 5.92 Å². The smallest absolute Gasteiger partial charge is 0.341 e. The molecule has 106 valence electrons. The second-order valence-corrected chi connectivity index (χ2v) is 7.40. The SMILES string of the molecule is CC[C@H]1CCc2c(sc(N)c2C(=O)OC(C)(C)C)C1. The molecule has 0 fully saturated rings. The second-order valence-electron chi connectivity index (χ2n) is 6.26. The molecule has 0 bridgehead atoms. The lowest BCUT2D eigenvalue weighted by Gasteiger charge is -2.23. The molecule has 1 heterocycles. The molecule has 0 radical (unpaired) electrons. The van der Waals surface area contributed by atoms with E-state index < -0.39 is 5.60 Å². The zero-order valence-corrected chi connectivity index (χ0v) is 13.0. The number of carbonyl (C=O) groups excluding carboxylic acids is 1. The molecule has 2 rings (SSSR count). The number of rotatable bonds is 2. The van der Waals surface area contributed by atoms with Gasteiger partial charge in [-0.2, -0.15) is 0 Å². The molecular formula is C15H23NO2S. The molecule has 2 N–H and O–H groups in total. The highest BCUT2D eigenvalue weighted by Crippen LogP contribution is 2.39. The van der Waals surface area contributed by atoms with Crippen molar-refractivity contribution in [1.82, 2.24) is 0 Å². The van der Waals surface area contributed by atoms with Gasteiger partial charge in [-0.1, -0.05) is 13.3 Å². The third-order valence-corrected chi connectivity index (χ3v) is 4.66. The molecule has 1 aromatic heterocycles. The van der Waals surface area contributed by atoms with Crippen LogP contribution in [0.5, 0.6) is 0 Å². The molecule has 0 unspecified atom stereocenters. The van der Waals surface area contributed by atoms with Gasteiger partial charge in [-0.3, -0.25) is 0 Å². The number of hydrogen-bond acceptors (Lipinski definition) is 4. The van der Waals surface area contributed by atoms with E-state index in [9.17, 15) is 4.79 Å². The minimum absolute atomic E-state index is 0.266. The highest BCUT2D eigenvalue weighted by atomic mass is 32.1. The number of nitrogen functional groups attached to an aromatic ring is 1. The molecule has 19 heavy (non-hydrogen) atoms. The number of carbonyl (C=O) groups is 1. The lowest BCUT2D eigenvalue weighted by Crippen LogP contribution is -2.25. The Morgan fingerprint density at radius 3 is 2.74 bits per heavy atom. The Hall–Kier alpha value is -1.03. The van der Waals surface area contributed by atoms with Crippen LogP contribution >= 0.6 is 11.3 Å². The summed E-state index contributed by atoms with van der Waals surface area (Å²) in [5, 5.41) is 0.621. The van der Waals surface area contributed by atoms with E-state index >= 15 is 0 Å². The van der Waals surface area contributed by atoms with Crippen LogP contribution in [-0.2, 0) is 17.6 Å². The summed E-state index contributed by atoms with van der Waals surface area (Å²) in [6, 6.07) is 0. The first-order valence-corrected chi connectivity index (χ1v) is 7.76. The van der Waals surface area contributed by atoms with Gasteiger partial charge in [0.2, 0.25) is 0 Å². The van der Waals surface area contributed by atoms with Crippen LogP contribution in [0.4, 0.5) is 5.00 Å². The number of hydrogen-bond donors (Lipinski definition) is 1. The average molecular weight is 281 g/mol. The second kappa shape index (κ2) is 5.16. The molecule has 1 aromatic rings. The average Bonchev–Trinajstić information content (AvgIpc) is 2.61. The van der Waals surface area contributed by atoms with Gasteiger partial charge in [0.1, 0.15) is 10.6 Å². The van der Waals surface area contributed by atoms with Crippen molar-refractivity contribution in [1.29, 1.82) is 0 Å². The van der Waals surface area contributed by atoms with Crippen molar-refractivity contribution in [2.45, 2.75) is 59.0 Å². The summed E-state index contributed by atoms with van der Waals surface area (Å²) in [6.07, 6.45) is 4.36. The van der Waals surface area contributed by atoms with Crippen molar-refractivity contribution in [3.8, 4) is 0 Å². The van der Waals surface area contributed by atoms with Crippen LogP contribution in [0, 0.1) is 5.92 Å². The van der Waals surface area contributed by atoms with Gasteiger partial charge in [-0.05, 0) is 51.5 Å². The first kappa shape index (κ1) is 14.4. The molecule has 0 amide bonds. The first-order chi connectivity index (χ1) is 8.81. The van der Waals surface area contributed by atoms with E-state index in [2.05, 4.69) is 6.92 Å². The maximum Gasteiger partial charge on any atom is 0.341 e. The predicted molar refractivity (Wildman–Crippen MR) is 79.7 cm³/mol. The monoisotopic (exact) mass is 281 g/mol. The van der Waals surface area contributed by atoms with Crippen molar-refractivity contribution in [3.63, 3.8) is 0 Å². The highest BCUT2D eigenvalue weighted by Gasteiger charge is 2.29. The van der Waals surface area contributed by atoms with E-state index in [0.29, 0.717) is 10.6 Å². The van der Waals surface area contributed by atoms with E-state index in [0.717, 1.165) is 30.7 Å². The predicted octanol–water partition coefficient (Wildman–Crippen LogP) is 3.80. The maximum absolute atomic E-state index is 12.3. The van der Waals surface area contributed by atoms with E-state index in [-0.39, 0.29) is 5.97 Å². The summed E-state index contributed by atoms with van der Waals surface area (Å²) in [5.74, 6) is 0.467. The number of ether oxygens (including phenoxy) is 1. The molecule has 4 heteroatoms. The third kappa shape index (κ3) is 3.11. The quantitative estimate of drug-likeness (QED) is 0.839. The van der Waals surface area contributed by atoms with Crippen LogP contribution < -0.4 is 5.73 Å². The largest absolute Gasteiger partial charge is 0.456 e. The normalized spacial score (nSPS) is 19.1. The minimum Gasteiger partial charge on any atom is -0.456 e. The number of anilines is 1. The van der Waals surface area contributed by atoms with E-state index in [4.69, 9.17) is 10.5 Å². The van der Waals surface area contributed by atoms with Gasteiger partial charge in [-0.25, -0.2) is 4.79 Å². The zero-order valence-electron chi connectivity index (χ0n) is 12.2. The number of esters is 1. The Bertz CT molecular complexity index is 485. The van der Waals surface area contributed by atoms with Crippen molar-refractivity contribution >= 4 is 22.3 Å². The molecule has 1 atom stereocenters. The van der Waals surface area contributed by atoms with Crippen LogP contribution in [0.1, 0.15) is 61.3 Å². The highest BCUT2D eigenvalue weighted by molar-refractivity contribution is 7.16. The molecule has 0 aliphatic heterocycles. The van der Waals surface area contributed by atoms with Crippen LogP contribution in [-0.4, -0.2) is 11.6 Å². The molecule has 1 aliphatic carbocycles. The molecule has 1 aliphatic rings. The van der Waals surface area contributed by atoms with Crippen molar-refractivity contribution < 1.29 is 9.53 Å². The first-order valence-electron chi connectivity index (χ1n) is 6.95. The zero-order chi connectivity index (χ0) is 14.2. The topological polar surface area (TPSA) is 52.3 Å². The fourth-order valence-corrected chi connectivity index (χ4v) is 3.80. The number of thiophene rings is 1. The Morgan fingerprint density at radius 1 is 1.47 bits per heavy atom. The van der Waals surface area contributed by atoms with Gasteiger partial charge >= 0.3 is 5.97 Å². The Balaban J connectivity index is 2.28. The fraction of sp³-hybridized carbons (Fsp3) is 0.667. The van der Waals surface area contributed by atoms with E-state index in [1.165, 1.54) is 11.3 Å². The summed E-state index contributed by atoms with van der Waals surface area (Å²) in [5.41, 5.74) is 7.34. The van der Waals surface area contributed by atoms with Gasteiger partial charge in [-0.15, -0.1) is 11.3 Å². The number of nitrogens with two attached hydrogens (primary N) is 1. The molecule has 0 aromatic carbocycles. The standard InChI is InChI=1S/C15H23NO2S/c1-5-9-6-7-10-11(8-9)19-13(16)12(10)14(17)18-15(2,3)4/h9H,5-8,16H2,1-4H3/t9-/m0/s1. The van der Waals surface area contributed by atoms with Crippen LogP contribution in [0.3, 0.4) is 0 Å². The van der Waals surface area contributed by atoms with Gasteiger partial charge in [0.05, 0.1) is 5.56 Å². The summed E-state index contributed by atoms with van der Waals surface area (Å²) >= 11 is 1.57. The summed E-state index contributed by atoms with van der Waals surface area (Å²) in [4.78, 5) is 13.6. The molecule has 0 spiro atoms. The van der Waals surface area contributed by atoms with E-state index in [1.54, 1.807) is 11.3 Å². The Labute approximate surface area is 119 Å². The third-order valence-electron chi connectivity index (χ3n) is 3.57. The van der Waals surface area contributed by atoms with Crippen LogP contribution in [0.15, 0.2) is 0 Å². The maximum atomic E-state index is 12.3. The summed E-state index contributed by atoms with van der Waals surface area (Å²) in [7, 11) is 0.